The molecule has 5 nitrogen and oxygen atoms in total. The lowest BCUT2D eigenvalue weighted by Gasteiger charge is -2.38. The first kappa shape index (κ1) is 16.5. The van der Waals surface area contributed by atoms with Crippen molar-refractivity contribution < 1.29 is 5.11 Å². The molecule has 2 unspecified atom stereocenters. The number of aliphatic hydroxyl groups is 1. The van der Waals surface area contributed by atoms with Crippen LogP contribution in [0.5, 0.6) is 0 Å². The molecule has 25 heavy (non-hydrogen) atoms. The van der Waals surface area contributed by atoms with Gasteiger partial charge in [-0.25, -0.2) is 4.99 Å². The van der Waals surface area contributed by atoms with Gasteiger partial charge in [0.2, 0.25) is 0 Å². The summed E-state index contributed by atoms with van der Waals surface area (Å²) in [6.45, 7) is 2.18. The van der Waals surface area contributed by atoms with Crippen LogP contribution in [0.15, 0.2) is 52.2 Å². The third kappa shape index (κ3) is 2.39. The van der Waals surface area contributed by atoms with E-state index < -0.39 is 11.8 Å². The van der Waals surface area contributed by atoms with Crippen LogP contribution in [-0.4, -0.2) is 34.2 Å². The summed E-state index contributed by atoms with van der Waals surface area (Å²) in [5, 5.41) is 11.0. The summed E-state index contributed by atoms with van der Waals surface area (Å²) < 4.78 is 0.933. The van der Waals surface area contributed by atoms with Crippen LogP contribution >= 0.6 is 15.9 Å². The van der Waals surface area contributed by atoms with Gasteiger partial charge in [0.25, 0.3) is 0 Å². The third-order valence-corrected chi connectivity index (χ3v) is 6.09. The Bertz CT molecular complexity index is 864. The second-order valence-corrected chi connectivity index (χ2v) is 8.17. The van der Waals surface area contributed by atoms with Gasteiger partial charge >= 0.3 is 0 Å². The zero-order valence-corrected chi connectivity index (χ0v) is 15.9. The molecule has 0 saturated heterocycles. The van der Waals surface area contributed by atoms with E-state index in [0.29, 0.717) is 5.96 Å². The lowest BCUT2D eigenvalue weighted by atomic mass is 9.75. The summed E-state index contributed by atoms with van der Waals surface area (Å²) in [5.74, 6) is 0.384. The summed E-state index contributed by atoms with van der Waals surface area (Å²) in [6.07, 6.45) is 4.88. The van der Waals surface area contributed by atoms with Gasteiger partial charge in [0.05, 0.1) is 0 Å². The number of guanidine groups is 1. The van der Waals surface area contributed by atoms with Crippen LogP contribution in [-0.2, 0) is 5.54 Å². The van der Waals surface area contributed by atoms with E-state index in [1.807, 2.05) is 30.5 Å². The highest BCUT2D eigenvalue weighted by molar-refractivity contribution is 9.10. The van der Waals surface area contributed by atoms with Crippen molar-refractivity contribution in [2.24, 2.45) is 16.1 Å². The van der Waals surface area contributed by atoms with E-state index in [2.05, 4.69) is 33.9 Å². The molecule has 3 N–H and O–H groups in total. The number of likely N-dealkylation sites (N-methyl/N-ethyl adjacent to an activating group) is 1. The van der Waals surface area contributed by atoms with Gasteiger partial charge in [-0.1, -0.05) is 25.1 Å². The molecule has 0 spiro atoms. The van der Waals surface area contributed by atoms with Gasteiger partial charge in [-0.05, 0) is 52.0 Å². The Morgan fingerprint density at radius 3 is 2.60 bits per heavy atom. The minimum absolute atomic E-state index is 0.0874. The lowest BCUT2D eigenvalue weighted by Crippen LogP contribution is -2.48. The Labute approximate surface area is 155 Å². The van der Waals surface area contributed by atoms with Gasteiger partial charge < -0.3 is 15.7 Å². The summed E-state index contributed by atoms with van der Waals surface area (Å²) in [7, 11) is 1.79. The molecule has 2 heterocycles. The molecule has 1 aliphatic carbocycles. The maximum absolute atomic E-state index is 11.0. The molecule has 2 aliphatic rings. The number of pyridine rings is 1. The zero-order chi connectivity index (χ0) is 17.8. The topological polar surface area (TPSA) is 74.7 Å². The molecule has 1 aromatic heterocycles. The average Bonchev–Trinajstić information content (AvgIpc) is 3.32. The zero-order valence-electron chi connectivity index (χ0n) is 14.3. The lowest BCUT2D eigenvalue weighted by molar-refractivity contribution is -0.0162. The number of aliphatic hydroxyl groups excluding tert-OH is 1. The van der Waals surface area contributed by atoms with Gasteiger partial charge in [-0.2, -0.15) is 0 Å². The molecule has 1 aromatic carbocycles. The highest BCUT2D eigenvalue weighted by Gasteiger charge is 2.64. The van der Waals surface area contributed by atoms with Gasteiger partial charge in [-0.15, -0.1) is 0 Å². The van der Waals surface area contributed by atoms with Crippen molar-refractivity contribution >= 4 is 21.9 Å². The summed E-state index contributed by atoms with van der Waals surface area (Å²) in [4.78, 5) is 10.7. The van der Waals surface area contributed by atoms with E-state index in [1.165, 1.54) is 0 Å². The predicted octanol–water partition coefficient (Wildman–Crippen LogP) is 3.09. The predicted molar refractivity (Wildman–Crippen MR) is 102 cm³/mol. The number of nitrogens with zero attached hydrogens (tertiary/aromatic N) is 3. The quantitative estimate of drug-likeness (QED) is 0.829. The van der Waals surface area contributed by atoms with Gasteiger partial charge in [0, 0.05) is 34.9 Å². The van der Waals surface area contributed by atoms with Crippen molar-refractivity contribution in [1.82, 2.24) is 9.88 Å². The second kappa shape index (κ2) is 5.54. The average molecular weight is 401 g/mol. The van der Waals surface area contributed by atoms with Crippen LogP contribution in [0.2, 0.25) is 0 Å². The Kier molecular flexibility index (Phi) is 3.67. The first-order chi connectivity index (χ1) is 11.9. The Hall–Kier alpha value is -1.92. The van der Waals surface area contributed by atoms with E-state index in [-0.39, 0.29) is 5.41 Å². The van der Waals surface area contributed by atoms with Gasteiger partial charge in [0.1, 0.15) is 5.54 Å². The molecule has 0 amide bonds. The van der Waals surface area contributed by atoms with Crippen LogP contribution in [0, 0.1) is 5.41 Å². The number of aliphatic imine (C=N–C) groups is 1. The van der Waals surface area contributed by atoms with Crippen molar-refractivity contribution in [3.8, 4) is 11.1 Å². The number of hydrogen-bond donors (Lipinski definition) is 2. The molecule has 0 radical (unpaired) electrons. The number of rotatable bonds is 3. The molecular weight excluding hydrogens is 380 g/mol. The van der Waals surface area contributed by atoms with Crippen molar-refractivity contribution in [2.75, 3.05) is 7.05 Å². The molecule has 130 valence electrons. The van der Waals surface area contributed by atoms with E-state index in [9.17, 15) is 5.11 Å². The SMILES string of the molecule is CN1C(N)=NC(c2cccc(-c3cncc(Br)c3)c2)(C2(C)CC2)C1O. The normalized spacial score (nSPS) is 27.3. The van der Waals surface area contributed by atoms with Crippen molar-refractivity contribution in [3.63, 3.8) is 0 Å². The van der Waals surface area contributed by atoms with Crippen LogP contribution in [0.1, 0.15) is 25.3 Å². The van der Waals surface area contributed by atoms with Crippen LogP contribution in [0.25, 0.3) is 11.1 Å². The smallest absolute Gasteiger partial charge is 0.194 e. The fourth-order valence-electron chi connectivity index (χ4n) is 3.81. The maximum atomic E-state index is 11.0. The number of aromatic nitrogens is 1. The molecule has 1 saturated carbocycles. The second-order valence-electron chi connectivity index (χ2n) is 7.25. The number of halogens is 1. The molecule has 4 rings (SSSR count). The first-order valence-electron chi connectivity index (χ1n) is 8.35. The highest BCUT2D eigenvalue weighted by Crippen LogP contribution is 2.63. The minimum Gasteiger partial charge on any atom is -0.371 e. The van der Waals surface area contributed by atoms with Gasteiger partial charge in [0.15, 0.2) is 12.2 Å². The monoisotopic (exact) mass is 400 g/mol. The molecule has 2 atom stereocenters. The standard InChI is InChI=1S/C19H21BrN4O/c1-18(6-7-18)19(16(25)24(2)17(21)23-19)14-5-3-4-12(8-14)13-9-15(20)11-22-10-13/h3-5,8-11,16,25H,6-7H2,1-2H3,(H2,21,23). The fourth-order valence-corrected chi connectivity index (χ4v) is 4.17. The number of hydrogen-bond acceptors (Lipinski definition) is 5. The molecule has 1 aliphatic heterocycles. The van der Waals surface area contributed by atoms with Crippen LogP contribution in [0.4, 0.5) is 0 Å². The summed E-state index contributed by atoms with van der Waals surface area (Å²) >= 11 is 3.47. The maximum Gasteiger partial charge on any atom is 0.194 e. The van der Waals surface area contributed by atoms with Crippen LogP contribution in [0.3, 0.4) is 0 Å². The first-order valence-corrected chi connectivity index (χ1v) is 9.14. The highest BCUT2D eigenvalue weighted by atomic mass is 79.9. The molecule has 1 fully saturated rings. The summed E-state index contributed by atoms with van der Waals surface area (Å²) in [6, 6.07) is 10.2. The van der Waals surface area contributed by atoms with Crippen molar-refractivity contribution in [1.29, 1.82) is 0 Å². The van der Waals surface area contributed by atoms with E-state index >= 15 is 0 Å². The summed E-state index contributed by atoms with van der Waals surface area (Å²) in [5.41, 5.74) is 8.31. The Morgan fingerprint density at radius 1 is 1.24 bits per heavy atom. The van der Waals surface area contributed by atoms with Crippen molar-refractivity contribution in [3.05, 3.63) is 52.8 Å². The van der Waals surface area contributed by atoms with Gasteiger partial charge in [-0.3, -0.25) is 4.98 Å². The number of nitrogens with two attached hydrogens (primary N) is 1. The minimum atomic E-state index is -0.768. The largest absolute Gasteiger partial charge is 0.371 e. The third-order valence-electron chi connectivity index (χ3n) is 5.65. The van der Waals surface area contributed by atoms with Crippen LogP contribution < -0.4 is 5.73 Å². The Morgan fingerprint density at radius 2 is 2.00 bits per heavy atom. The van der Waals surface area contributed by atoms with E-state index in [0.717, 1.165) is 34.0 Å². The fraction of sp³-hybridized carbons (Fsp3) is 0.368. The Balaban J connectivity index is 1.87. The molecule has 0 bridgehead atoms. The van der Waals surface area contributed by atoms with E-state index in [4.69, 9.17) is 10.7 Å². The molecular formula is C19H21BrN4O. The van der Waals surface area contributed by atoms with E-state index in [1.54, 1.807) is 18.1 Å². The molecule has 6 heteroatoms. The molecule has 2 aromatic rings. The number of benzene rings is 1. The van der Waals surface area contributed by atoms with Crippen molar-refractivity contribution in [2.45, 2.75) is 31.5 Å².